The average Bonchev–Trinajstić information content (AvgIpc) is 3.43. The van der Waals surface area contributed by atoms with E-state index >= 15 is 0 Å². The zero-order valence-corrected chi connectivity index (χ0v) is 32.7. The second kappa shape index (κ2) is 11.6. The summed E-state index contributed by atoms with van der Waals surface area (Å²) in [7, 11) is -3.85. The zero-order valence-electron chi connectivity index (χ0n) is 31.8. The van der Waals surface area contributed by atoms with Crippen LogP contribution in [-0.2, 0) is 31.5 Å². The monoisotopic (exact) mass is 718 g/mol. The molecule has 0 saturated heterocycles. The smallest absolute Gasteiger partial charge is 0.206 e. The van der Waals surface area contributed by atoms with Crippen LogP contribution in [0.25, 0.3) is 21.5 Å². The standard InChI is InChI=1S/C48H46O4S/c1-45(2)27-47(5,6)41-25-35(15-19-39(41)45)43(49)33-11-9-31-23-37(17-13-29(31)21-33)53(51,52)38-18-14-30-22-34(12-10-32(30)24-38)44(50)36-16-20-40-42(26-36)48(7,8)28-46(40,3)4/h9-26H,27-28H2,1-8H3. The zero-order chi connectivity index (χ0) is 37.9. The summed E-state index contributed by atoms with van der Waals surface area (Å²) in [5, 5.41) is 3.07. The Morgan fingerprint density at radius 3 is 1.09 bits per heavy atom. The molecule has 0 unspecified atom stereocenters. The highest BCUT2D eigenvalue weighted by Gasteiger charge is 2.43. The second-order valence-electron chi connectivity index (χ2n) is 18.0. The van der Waals surface area contributed by atoms with Gasteiger partial charge in [0.05, 0.1) is 9.79 Å². The van der Waals surface area contributed by atoms with Crippen molar-refractivity contribution in [3.63, 3.8) is 0 Å². The van der Waals surface area contributed by atoms with Gasteiger partial charge in [-0.25, -0.2) is 8.42 Å². The van der Waals surface area contributed by atoms with Gasteiger partial charge in [0.2, 0.25) is 9.84 Å². The molecule has 0 aromatic heterocycles. The molecular weight excluding hydrogens is 673 g/mol. The lowest BCUT2D eigenvalue weighted by Gasteiger charge is -2.22. The third-order valence-electron chi connectivity index (χ3n) is 12.0. The summed E-state index contributed by atoms with van der Waals surface area (Å²) in [5.74, 6) is -0.0959. The maximum Gasteiger partial charge on any atom is 0.206 e. The number of hydrogen-bond acceptors (Lipinski definition) is 4. The fourth-order valence-electron chi connectivity index (χ4n) is 9.80. The summed E-state index contributed by atoms with van der Waals surface area (Å²) in [6, 6.07) is 33.2. The predicted octanol–water partition coefficient (Wildman–Crippen LogP) is 11.2. The van der Waals surface area contributed by atoms with E-state index in [1.807, 2.05) is 36.4 Å². The van der Waals surface area contributed by atoms with Crippen molar-refractivity contribution < 1.29 is 18.0 Å². The van der Waals surface area contributed by atoms with Gasteiger partial charge in [-0.3, -0.25) is 9.59 Å². The van der Waals surface area contributed by atoms with Crippen molar-refractivity contribution >= 4 is 42.9 Å². The fraction of sp³-hybridized carbons (Fsp3) is 0.292. The molecular formula is C48H46O4S. The lowest BCUT2D eigenvalue weighted by Crippen LogP contribution is -2.18. The van der Waals surface area contributed by atoms with Crippen LogP contribution < -0.4 is 0 Å². The van der Waals surface area contributed by atoms with E-state index in [1.165, 1.54) is 22.3 Å². The van der Waals surface area contributed by atoms with Gasteiger partial charge in [0.25, 0.3) is 0 Å². The van der Waals surface area contributed by atoms with Gasteiger partial charge < -0.3 is 0 Å². The van der Waals surface area contributed by atoms with Crippen molar-refractivity contribution in [3.05, 3.63) is 154 Å². The molecule has 0 atom stereocenters. The van der Waals surface area contributed by atoms with Crippen molar-refractivity contribution in [1.82, 2.24) is 0 Å². The Labute approximate surface area is 313 Å². The van der Waals surface area contributed by atoms with Gasteiger partial charge >= 0.3 is 0 Å². The molecule has 5 heteroatoms. The highest BCUT2D eigenvalue weighted by molar-refractivity contribution is 7.91. The molecule has 268 valence electrons. The molecule has 6 aromatic carbocycles. The molecule has 0 amide bonds. The Morgan fingerprint density at radius 1 is 0.396 bits per heavy atom. The molecule has 0 heterocycles. The molecule has 0 aliphatic heterocycles. The van der Waals surface area contributed by atoms with Crippen LogP contribution in [0.2, 0.25) is 0 Å². The summed E-state index contributed by atoms with van der Waals surface area (Å²) in [6.45, 7) is 18.0. The van der Waals surface area contributed by atoms with E-state index in [2.05, 4.69) is 79.7 Å². The van der Waals surface area contributed by atoms with Crippen LogP contribution in [0.4, 0.5) is 0 Å². The minimum atomic E-state index is -3.85. The number of hydrogen-bond donors (Lipinski definition) is 0. The number of rotatable bonds is 6. The predicted molar refractivity (Wildman–Crippen MR) is 214 cm³/mol. The summed E-state index contributed by atoms with van der Waals surface area (Å²) < 4.78 is 27.8. The molecule has 4 nitrogen and oxygen atoms in total. The molecule has 8 rings (SSSR count). The molecule has 6 aromatic rings. The molecule has 0 saturated carbocycles. The summed E-state index contributed by atoms with van der Waals surface area (Å²) >= 11 is 0. The van der Waals surface area contributed by atoms with E-state index in [-0.39, 0.29) is 43.0 Å². The first-order valence-corrected chi connectivity index (χ1v) is 20.0. The van der Waals surface area contributed by atoms with Crippen molar-refractivity contribution in [1.29, 1.82) is 0 Å². The van der Waals surface area contributed by atoms with Crippen LogP contribution in [0.5, 0.6) is 0 Å². The number of fused-ring (bicyclic) bond motifs is 4. The van der Waals surface area contributed by atoms with Crippen LogP contribution in [0.1, 0.15) is 122 Å². The number of sulfone groups is 1. The quantitative estimate of drug-likeness (QED) is 0.161. The van der Waals surface area contributed by atoms with Gasteiger partial charge in [-0.15, -0.1) is 0 Å². The second-order valence-corrected chi connectivity index (χ2v) is 20.0. The van der Waals surface area contributed by atoms with Gasteiger partial charge in [-0.1, -0.05) is 116 Å². The Bertz CT molecular complexity index is 2490. The van der Waals surface area contributed by atoms with E-state index in [0.29, 0.717) is 22.3 Å². The maximum atomic E-state index is 13.9. The first-order valence-electron chi connectivity index (χ1n) is 18.5. The third-order valence-corrected chi connectivity index (χ3v) is 13.8. The molecule has 53 heavy (non-hydrogen) atoms. The van der Waals surface area contributed by atoms with Gasteiger partial charge in [0.1, 0.15) is 0 Å². The van der Waals surface area contributed by atoms with Crippen LogP contribution in [0.15, 0.2) is 119 Å². The Hall–Kier alpha value is -4.87. The molecule has 0 bridgehead atoms. The first kappa shape index (κ1) is 35.2. The third kappa shape index (κ3) is 5.76. The average molecular weight is 719 g/mol. The van der Waals surface area contributed by atoms with Crippen LogP contribution in [0.3, 0.4) is 0 Å². The van der Waals surface area contributed by atoms with E-state index in [9.17, 15) is 18.0 Å². The summed E-state index contributed by atoms with van der Waals surface area (Å²) in [4.78, 5) is 27.7. The summed E-state index contributed by atoms with van der Waals surface area (Å²) in [6.07, 6.45) is 2.06. The van der Waals surface area contributed by atoms with E-state index < -0.39 is 9.84 Å². The van der Waals surface area contributed by atoms with Gasteiger partial charge in [-0.2, -0.15) is 0 Å². The molecule has 2 aliphatic carbocycles. The molecule has 0 radical (unpaired) electrons. The lowest BCUT2D eigenvalue weighted by atomic mass is 9.82. The largest absolute Gasteiger partial charge is 0.289 e. The minimum absolute atomic E-state index is 0.00829. The van der Waals surface area contributed by atoms with E-state index in [0.717, 1.165) is 34.4 Å². The molecule has 2 aliphatic rings. The number of carbonyl (C=O) groups excluding carboxylic acids is 2. The van der Waals surface area contributed by atoms with Gasteiger partial charge in [0.15, 0.2) is 11.6 Å². The Kier molecular flexibility index (Phi) is 7.67. The highest BCUT2D eigenvalue weighted by Crippen LogP contribution is 2.50. The SMILES string of the molecule is CC1(C)CC(C)(C)c2cc(C(=O)c3ccc4cc(S(=O)(=O)c5ccc6cc(C(=O)c7ccc8c(c7)C(C)(C)CC8(C)C)ccc6c5)ccc4c3)ccc21. The Balaban J connectivity index is 1.05. The fourth-order valence-corrected chi connectivity index (χ4v) is 11.1. The van der Waals surface area contributed by atoms with Crippen molar-refractivity contribution in [2.24, 2.45) is 0 Å². The number of carbonyl (C=O) groups is 2. The highest BCUT2D eigenvalue weighted by atomic mass is 32.2. The van der Waals surface area contributed by atoms with Crippen molar-refractivity contribution in [2.75, 3.05) is 0 Å². The first-order chi connectivity index (χ1) is 24.8. The van der Waals surface area contributed by atoms with Crippen molar-refractivity contribution in [2.45, 2.75) is 99.7 Å². The van der Waals surface area contributed by atoms with Crippen LogP contribution >= 0.6 is 0 Å². The number of benzene rings is 6. The molecule has 0 spiro atoms. The Morgan fingerprint density at radius 2 is 0.698 bits per heavy atom. The van der Waals surface area contributed by atoms with E-state index in [1.54, 1.807) is 48.5 Å². The maximum absolute atomic E-state index is 13.9. The summed E-state index contributed by atoms with van der Waals surface area (Å²) in [5.41, 5.74) is 7.65. The minimum Gasteiger partial charge on any atom is -0.289 e. The number of ketones is 2. The molecule has 0 N–H and O–H groups in total. The lowest BCUT2D eigenvalue weighted by molar-refractivity contribution is 0.103. The van der Waals surface area contributed by atoms with Crippen LogP contribution in [0, 0.1) is 0 Å². The van der Waals surface area contributed by atoms with Gasteiger partial charge in [0, 0.05) is 22.3 Å². The van der Waals surface area contributed by atoms with Crippen molar-refractivity contribution in [3.8, 4) is 0 Å². The van der Waals surface area contributed by atoms with Gasteiger partial charge in [-0.05, 0) is 127 Å². The van der Waals surface area contributed by atoms with E-state index in [4.69, 9.17) is 0 Å². The normalized spacial score (nSPS) is 17.8. The topological polar surface area (TPSA) is 68.3 Å². The molecule has 0 fully saturated rings. The van der Waals surface area contributed by atoms with Crippen LogP contribution in [-0.4, -0.2) is 20.0 Å².